The second kappa shape index (κ2) is 6.41. The lowest BCUT2D eigenvalue weighted by atomic mass is 10.1. The highest BCUT2D eigenvalue weighted by atomic mass is 16.6. The number of aryl methyl sites for hydroxylation is 1. The SMILES string of the molecule is CCC(=O)Nc1ccc(C)c(NC(=O)OC(C)(C)C)c1. The third-order valence-electron chi connectivity index (χ3n) is 2.48. The second-order valence-electron chi connectivity index (χ2n) is 5.56. The number of rotatable bonds is 3. The number of nitrogens with one attached hydrogen (secondary N) is 2. The Kier molecular flexibility index (Phi) is 5.13. The van der Waals surface area contributed by atoms with Gasteiger partial charge in [-0.25, -0.2) is 4.79 Å². The number of carbonyl (C=O) groups is 2. The fraction of sp³-hybridized carbons (Fsp3) is 0.467. The number of anilines is 2. The molecule has 0 heterocycles. The molecule has 1 rings (SSSR count). The van der Waals surface area contributed by atoms with Gasteiger partial charge in [0.05, 0.1) is 0 Å². The number of hydrogen-bond acceptors (Lipinski definition) is 3. The smallest absolute Gasteiger partial charge is 0.412 e. The molecule has 0 aliphatic rings. The molecule has 0 aromatic heterocycles. The molecule has 2 amide bonds. The van der Waals surface area contributed by atoms with E-state index in [2.05, 4.69) is 10.6 Å². The lowest BCUT2D eigenvalue weighted by Gasteiger charge is -2.20. The van der Waals surface area contributed by atoms with E-state index in [1.165, 1.54) is 0 Å². The molecule has 0 saturated carbocycles. The molecule has 0 unspecified atom stereocenters. The van der Waals surface area contributed by atoms with E-state index >= 15 is 0 Å². The number of carbonyl (C=O) groups excluding carboxylic acids is 2. The van der Waals surface area contributed by atoms with Crippen LogP contribution in [0.15, 0.2) is 18.2 Å². The van der Waals surface area contributed by atoms with Crippen LogP contribution in [-0.4, -0.2) is 17.6 Å². The van der Waals surface area contributed by atoms with E-state index < -0.39 is 11.7 Å². The average Bonchev–Trinajstić information content (AvgIpc) is 2.30. The maximum absolute atomic E-state index is 11.7. The molecule has 110 valence electrons. The normalized spacial score (nSPS) is 10.8. The summed E-state index contributed by atoms with van der Waals surface area (Å²) < 4.78 is 5.20. The Balaban J connectivity index is 2.81. The molecular weight excluding hydrogens is 256 g/mol. The fourth-order valence-electron chi connectivity index (χ4n) is 1.50. The van der Waals surface area contributed by atoms with Crippen LogP contribution in [0.25, 0.3) is 0 Å². The van der Waals surface area contributed by atoms with Crippen molar-refractivity contribution in [3.63, 3.8) is 0 Å². The minimum Gasteiger partial charge on any atom is -0.444 e. The zero-order valence-electron chi connectivity index (χ0n) is 12.7. The minimum absolute atomic E-state index is 0.0722. The first kappa shape index (κ1) is 16.0. The third kappa shape index (κ3) is 5.30. The summed E-state index contributed by atoms with van der Waals surface area (Å²) in [5, 5.41) is 5.44. The summed E-state index contributed by atoms with van der Waals surface area (Å²) >= 11 is 0. The van der Waals surface area contributed by atoms with Crippen LogP contribution in [0, 0.1) is 6.92 Å². The number of benzene rings is 1. The van der Waals surface area contributed by atoms with Gasteiger partial charge in [0.1, 0.15) is 5.60 Å². The van der Waals surface area contributed by atoms with Gasteiger partial charge in [-0.05, 0) is 45.4 Å². The molecule has 5 heteroatoms. The predicted octanol–water partition coefficient (Wildman–Crippen LogP) is 3.69. The molecule has 0 atom stereocenters. The van der Waals surface area contributed by atoms with Gasteiger partial charge in [-0.15, -0.1) is 0 Å². The van der Waals surface area contributed by atoms with Crippen LogP contribution in [0.3, 0.4) is 0 Å². The molecule has 0 bridgehead atoms. The quantitative estimate of drug-likeness (QED) is 0.886. The standard InChI is InChI=1S/C15H22N2O3/c1-6-13(18)16-11-8-7-10(2)12(9-11)17-14(19)20-15(3,4)5/h7-9H,6H2,1-5H3,(H,16,18)(H,17,19). The highest BCUT2D eigenvalue weighted by Crippen LogP contribution is 2.21. The van der Waals surface area contributed by atoms with Crippen molar-refractivity contribution in [2.24, 2.45) is 0 Å². The van der Waals surface area contributed by atoms with Crippen LogP contribution in [0.1, 0.15) is 39.7 Å². The Morgan fingerprint density at radius 2 is 1.85 bits per heavy atom. The third-order valence-corrected chi connectivity index (χ3v) is 2.48. The summed E-state index contributed by atoms with van der Waals surface area (Å²) in [6.07, 6.45) is -0.109. The van der Waals surface area contributed by atoms with Gasteiger partial charge in [0.15, 0.2) is 0 Å². The molecule has 0 aliphatic heterocycles. The first-order valence-corrected chi connectivity index (χ1v) is 6.62. The van der Waals surface area contributed by atoms with Gasteiger partial charge in [-0.2, -0.15) is 0 Å². The van der Waals surface area contributed by atoms with E-state index in [0.717, 1.165) is 5.56 Å². The second-order valence-corrected chi connectivity index (χ2v) is 5.56. The van der Waals surface area contributed by atoms with E-state index in [9.17, 15) is 9.59 Å². The summed E-state index contributed by atoms with van der Waals surface area (Å²) in [5.41, 5.74) is 1.61. The van der Waals surface area contributed by atoms with Crippen molar-refractivity contribution in [3.8, 4) is 0 Å². The van der Waals surface area contributed by atoms with Crippen molar-refractivity contribution in [3.05, 3.63) is 23.8 Å². The Morgan fingerprint density at radius 3 is 2.40 bits per heavy atom. The first-order valence-electron chi connectivity index (χ1n) is 6.62. The van der Waals surface area contributed by atoms with Crippen LogP contribution in [0.5, 0.6) is 0 Å². The molecule has 1 aromatic carbocycles. The van der Waals surface area contributed by atoms with Crippen LogP contribution in [-0.2, 0) is 9.53 Å². The number of ether oxygens (including phenoxy) is 1. The first-order chi connectivity index (χ1) is 9.21. The molecule has 0 radical (unpaired) electrons. The van der Waals surface area contributed by atoms with E-state index in [4.69, 9.17) is 4.74 Å². The zero-order valence-corrected chi connectivity index (χ0v) is 12.7. The summed E-state index contributed by atoms with van der Waals surface area (Å²) in [6.45, 7) is 9.06. The van der Waals surface area contributed by atoms with Gasteiger partial charge < -0.3 is 10.1 Å². The van der Waals surface area contributed by atoms with Gasteiger partial charge in [0.25, 0.3) is 0 Å². The maximum Gasteiger partial charge on any atom is 0.412 e. The van der Waals surface area contributed by atoms with E-state index in [1.54, 1.807) is 39.8 Å². The van der Waals surface area contributed by atoms with E-state index in [-0.39, 0.29) is 5.91 Å². The van der Waals surface area contributed by atoms with Crippen molar-refractivity contribution in [1.82, 2.24) is 0 Å². The van der Waals surface area contributed by atoms with Gasteiger partial charge >= 0.3 is 6.09 Å². The molecule has 0 saturated heterocycles. The van der Waals surface area contributed by atoms with E-state index in [1.807, 2.05) is 13.0 Å². The van der Waals surface area contributed by atoms with Crippen LogP contribution in [0.2, 0.25) is 0 Å². The summed E-state index contributed by atoms with van der Waals surface area (Å²) in [6, 6.07) is 5.34. The molecule has 1 aromatic rings. The molecule has 0 spiro atoms. The summed E-state index contributed by atoms with van der Waals surface area (Å²) in [4.78, 5) is 23.1. The minimum atomic E-state index is -0.550. The van der Waals surface area contributed by atoms with Crippen molar-refractivity contribution in [1.29, 1.82) is 0 Å². The number of hydrogen-bond donors (Lipinski definition) is 2. The highest BCUT2D eigenvalue weighted by molar-refractivity contribution is 5.92. The van der Waals surface area contributed by atoms with Gasteiger partial charge in [-0.1, -0.05) is 13.0 Å². The molecule has 0 aliphatic carbocycles. The van der Waals surface area contributed by atoms with Crippen molar-refractivity contribution < 1.29 is 14.3 Å². The van der Waals surface area contributed by atoms with Gasteiger partial charge in [0, 0.05) is 17.8 Å². The summed E-state index contributed by atoms with van der Waals surface area (Å²) in [5.74, 6) is -0.0722. The van der Waals surface area contributed by atoms with Crippen LogP contribution >= 0.6 is 0 Å². The maximum atomic E-state index is 11.7. The Labute approximate surface area is 119 Å². The largest absolute Gasteiger partial charge is 0.444 e. The molecular formula is C15H22N2O3. The summed E-state index contributed by atoms with van der Waals surface area (Å²) in [7, 11) is 0. The van der Waals surface area contributed by atoms with Crippen molar-refractivity contribution >= 4 is 23.4 Å². The highest BCUT2D eigenvalue weighted by Gasteiger charge is 2.17. The monoisotopic (exact) mass is 278 g/mol. The predicted molar refractivity (Wildman–Crippen MR) is 80.0 cm³/mol. The van der Waals surface area contributed by atoms with E-state index in [0.29, 0.717) is 17.8 Å². The van der Waals surface area contributed by atoms with Crippen molar-refractivity contribution in [2.45, 2.75) is 46.6 Å². The topological polar surface area (TPSA) is 67.4 Å². The molecule has 2 N–H and O–H groups in total. The molecule has 0 fully saturated rings. The van der Waals surface area contributed by atoms with Crippen LogP contribution < -0.4 is 10.6 Å². The lowest BCUT2D eigenvalue weighted by molar-refractivity contribution is -0.115. The number of amides is 2. The van der Waals surface area contributed by atoms with Crippen LogP contribution in [0.4, 0.5) is 16.2 Å². The Morgan fingerprint density at radius 1 is 1.20 bits per heavy atom. The van der Waals surface area contributed by atoms with Crippen molar-refractivity contribution in [2.75, 3.05) is 10.6 Å². The average molecular weight is 278 g/mol. The Bertz CT molecular complexity index is 504. The zero-order chi connectivity index (χ0) is 15.3. The van der Waals surface area contributed by atoms with Gasteiger partial charge in [0.2, 0.25) is 5.91 Å². The Hall–Kier alpha value is -2.04. The lowest BCUT2D eigenvalue weighted by Crippen LogP contribution is -2.27. The molecule has 5 nitrogen and oxygen atoms in total. The fourth-order valence-corrected chi connectivity index (χ4v) is 1.50. The molecule has 20 heavy (non-hydrogen) atoms. The van der Waals surface area contributed by atoms with Gasteiger partial charge in [-0.3, -0.25) is 10.1 Å².